The van der Waals surface area contributed by atoms with Gasteiger partial charge in [0.05, 0.1) is 20.3 Å². The number of hydrogen-bond acceptors (Lipinski definition) is 5. The summed E-state index contributed by atoms with van der Waals surface area (Å²) in [5.74, 6) is -0.216. The number of rotatable bonds is 8. The SMILES string of the molecule is COC(=O)CCc1ccc(N(CCO)CCO)cc1. The predicted octanol–water partition coefficient (Wildman–Crippen LogP) is 0.583. The quantitative estimate of drug-likeness (QED) is 0.674. The fourth-order valence-corrected chi connectivity index (χ4v) is 1.83. The third-order valence-electron chi connectivity index (χ3n) is 2.89. The lowest BCUT2D eigenvalue weighted by Gasteiger charge is -2.23. The van der Waals surface area contributed by atoms with Gasteiger partial charge in [-0.25, -0.2) is 0 Å². The standard InChI is InChI=1S/C14H21NO4/c1-19-14(18)7-4-12-2-5-13(6-3-12)15(8-10-16)9-11-17/h2-3,5-6,16-17H,4,7-11H2,1H3. The van der Waals surface area contributed by atoms with E-state index in [9.17, 15) is 4.79 Å². The van der Waals surface area contributed by atoms with E-state index in [1.54, 1.807) is 0 Å². The number of aliphatic hydroxyl groups excluding tert-OH is 2. The molecule has 0 aliphatic carbocycles. The Morgan fingerprint density at radius 2 is 1.74 bits per heavy atom. The van der Waals surface area contributed by atoms with Crippen LogP contribution >= 0.6 is 0 Å². The van der Waals surface area contributed by atoms with Crippen LogP contribution in [-0.2, 0) is 16.0 Å². The summed E-state index contributed by atoms with van der Waals surface area (Å²) < 4.78 is 4.60. The number of methoxy groups -OCH3 is 1. The minimum Gasteiger partial charge on any atom is -0.469 e. The van der Waals surface area contributed by atoms with Crippen LogP contribution in [0.5, 0.6) is 0 Å². The van der Waals surface area contributed by atoms with Gasteiger partial charge in [-0.3, -0.25) is 4.79 Å². The van der Waals surface area contributed by atoms with Gasteiger partial charge >= 0.3 is 5.97 Å². The molecule has 1 aromatic rings. The lowest BCUT2D eigenvalue weighted by molar-refractivity contribution is -0.140. The summed E-state index contributed by atoms with van der Waals surface area (Å²) in [6.07, 6.45) is 1.01. The van der Waals surface area contributed by atoms with Gasteiger partial charge in [-0.1, -0.05) is 12.1 Å². The van der Waals surface area contributed by atoms with Crippen molar-refractivity contribution < 1.29 is 19.7 Å². The van der Waals surface area contributed by atoms with Crippen LogP contribution in [0.1, 0.15) is 12.0 Å². The molecule has 0 fully saturated rings. The van der Waals surface area contributed by atoms with Gasteiger partial charge < -0.3 is 19.8 Å². The second-order valence-electron chi connectivity index (χ2n) is 4.18. The summed E-state index contributed by atoms with van der Waals surface area (Å²) in [6, 6.07) is 7.75. The average molecular weight is 267 g/mol. The summed E-state index contributed by atoms with van der Waals surface area (Å²) in [5.41, 5.74) is 2.01. The van der Waals surface area contributed by atoms with Crippen molar-refractivity contribution in [2.24, 2.45) is 0 Å². The third kappa shape index (κ3) is 5.28. The van der Waals surface area contributed by atoms with Crippen molar-refractivity contribution in [3.8, 4) is 0 Å². The largest absolute Gasteiger partial charge is 0.469 e. The number of ether oxygens (including phenoxy) is 1. The van der Waals surface area contributed by atoms with Crippen LogP contribution in [0, 0.1) is 0 Å². The summed E-state index contributed by atoms with van der Waals surface area (Å²) in [6.45, 7) is 1.07. The van der Waals surface area contributed by atoms with E-state index in [1.807, 2.05) is 29.2 Å². The molecular weight excluding hydrogens is 246 g/mol. The fraction of sp³-hybridized carbons (Fsp3) is 0.500. The first kappa shape index (κ1) is 15.5. The van der Waals surface area contributed by atoms with E-state index in [1.165, 1.54) is 7.11 Å². The molecule has 0 unspecified atom stereocenters. The lowest BCUT2D eigenvalue weighted by atomic mass is 10.1. The van der Waals surface area contributed by atoms with E-state index in [4.69, 9.17) is 10.2 Å². The van der Waals surface area contributed by atoms with Crippen LogP contribution in [0.2, 0.25) is 0 Å². The van der Waals surface area contributed by atoms with Crippen molar-refractivity contribution in [2.75, 3.05) is 38.3 Å². The normalized spacial score (nSPS) is 10.3. The molecule has 0 radical (unpaired) electrons. The van der Waals surface area contributed by atoms with Crippen molar-refractivity contribution in [3.63, 3.8) is 0 Å². The minimum atomic E-state index is -0.216. The summed E-state index contributed by atoms with van der Waals surface area (Å²) in [4.78, 5) is 13.0. The molecule has 0 aliphatic rings. The Hall–Kier alpha value is -1.59. The molecule has 19 heavy (non-hydrogen) atoms. The van der Waals surface area contributed by atoms with Crippen LogP contribution in [0.25, 0.3) is 0 Å². The van der Waals surface area contributed by atoms with Gasteiger partial charge in [0.2, 0.25) is 0 Å². The zero-order valence-electron chi connectivity index (χ0n) is 11.2. The van der Waals surface area contributed by atoms with Crippen molar-refractivity contribution in [1.82, 2.24) is 0 Å². The Morgan fingerprint density at radius 3 is 2.21 bits per heavy atom. The zero-order chi connectivity index (χ0) is 14.1. The summed E-state index contributed by atoms with van der Waals surface area (Å²) in [7, 11) is 1.38. The van der Waals surface area contributed by atoms with Crippen molar-refractivity contribution in [2.45, 2.75) is 12.8 Å². The van der Waals surface area contributed by atoms with E-state index in [-0.39, 0.29) is 19.2 Å². The molecule has 106 valence electrons. The molecule has 1 rings (SSSR count). The maximum atomic E-state index is 11.0. The molecule has 0 spiro atoms. The molecule has 0 atom stereocenters. The van der Waals surface area contributed by atoms with Gasteiger partial charge in [-0.15, -0.1) is 0 Å². The Kier molecular flexibility index (Phi) is 6.92. The van der Waals surface area contributed by atoms with Crippen molar-refractivity contribution in [1.29, 1.82) is 0 Å². The Bertz CT molecular complexity index is 372. The number of benzene rings is 1. The molecule has 0 saturated carbocycles. The second kappa shape index (κ2) is 8.50. The van der Waals surface area contributed by atoms with Gasteiger partial charge in [0.15, 0.2) is 0 Å². The molecule has 0 saturated heterocycles. The van der Waals surface area contributed by atoms with Gasteiger partial charge in [-0.05, 0) is 24.1 Å². The average Bonchev–Trinajstić information content (AvgIpc) is 2.45. The Labute approximate surface area is 113 Å². The highest BCUT2D eigenvalue weighted by Crippen LogP contribution is 2.15. The molecule has 5 heteroatoms. The Balaban J connectivity index is 2.60. The van der Waals surface area contributed by atoms with E-state index >= 15 is 0 Å². The lowest BCUT2D eigenvalue weighted by Crippen LogP contribution is -2.29. The monoisotopic (exact) mass is 267 g/mol. The number of esters is 1. The van der Waals surface area contributed by atoms with Gasteiger partial charge in [-0.2, -0.15) is 0 Å². The smallest absolute Gasteiger partial charge is 0.305 e. The van der Waals surface area contributed by atoms with E-state index in [0.29, 0.717) is 25.9 Å². The van der Waals surface area contributed by atoms with Gasteiger partial charge in [0, 0.05) is 25.2 Å². The van der Waals surface area contributed by atoms with E-state index in [2.05, 4.69) is 4.74 Å². The molecule has 0 aliphatic heterocycles. The number of hydrogen-bond donors (Lipinski definition) is 2. The van der Waals surface area contributed by atoms with E-state index in [0.717, 1.165) is 11.3 Å². The highest BCUT2D eigenvalue weighted by atomic mass is 16.5. The Morgan fingerprint density at radius 1 is 1.16 bits per heavy atom. The zero-order valence-corrected chi connectivity index (χ0v) is 11.2. The topological polar surface area (TPSA) is 70.0 Å². The summed E-state index contributed by atoms with van der Waals surface area (Å²) in [5, 5.41) is 18.0. The maximum absolute atomic E-state index is 11.0. The molecule has 5 nitrogen and oxygen atoms in total. The number of carbonyl (C=O) groups is 1. The van der Waals surface area contributed by atoms with Crippen LogP contribution < -0.4 is 4.90 Å². The van der Waals surface area contributed by atoms with Crippen LogP contribution in [-0.4, -0.2) is 49.6 Å². The number of aliphatic hydroxyl groups is 2. The highest BCUT2D eigenvalue weighted by molar-refractivity contribution is 5.69. The third-order valence-corrected chi connectivity index (χ3v) is 2.89. The van der Waals surface area contributed by atoms with Crippen LogP contribution in [0.15, 0.2) is 24.3 Å². The van der Waals surface area contributed by atoms with Crippen LogP contribution in [0.4, 0.5) is 5.69 Å². The first-order valence-corrected chi connectivity index (χ1v) is 6.33. The van der Waals surface area contributed by atoms with E-state index < -0.39 is 0 Å². The predicted molar refractivity (Wildman–Crippen MR) is 73.2 cm³/mol. The molecule has 2 N–H and O–H groups in total. The van der Waals surface area contributed by atoms with Gasteiger partial charge in [0.1, 0.15) is 0 Å². The number of carbonyl (C=O) groups excluding carboxylic acids is 1. The molecule has 0 heterocycles. The molecule has 0 amide bonds. The fourth-order valence-electron chi connectivity index (χ4n) is 1.83. The van der Waals surface area contributed by atoms with Crippen molar-refractivity contribution >= 4 is 11.7 Å². The highest BCUT2D eigenvalue weighted by Gasteiger charge is 2.06. The maximum Gasteiger partial charge on any atom is 0.305 e. The van der Waals surface area contributed by atoms with Crippen LogP contribution in [0.3, 0.4) is 0 Å². The first-order chi connectivity index (χ1) is 9.21. The number of nitrogens with zero attached hydrogens (tertiary/aromatic N) is 1. The van der Waals surface area contributed by atoms with Crippen molar-refractivity contribution in [3.05, 3.63) is 29.8 Å². The summed E-state index contributed by atoms with van der Waals surface area (Å²) >= 11 is 0. The minimum absolute atomic E-state index is 0.0457. The molecule has 0 aromatic heterocycles. The number of anilines is 1. The molecule has 1 aromatic carbocycles. The molecular formula is C14H21NO4. The second-order valence-corrected chi connectivity index (χ2v) is 4.18. The van der Waals surface area contributed by atoms with Gasteiger partial charge in [0.25, 0.3) is 0 Å². The number of aryl methyl sites for hydroxylation is 1. The molecule has 0 bridgehead atoms. The first-order valence-electron chi connectivity index (χ1n) is 6.33.